The molecule has 3 rings (SSSR count). The van der Waals surface area contributed by atoms with Crippen LogP contribution < -0.4 is 9.62 Å². The van der Waals surface area contributed by atoms with Crippen LogP contribution in [0.5, 0.6) is 0 Å². The highest BCUT2D eigenvalue weighted by atomic mass is 32.2. The molecule has 1 N–H and O–H groups in total. The second-order valence-electron chi connectivity index (χ2n) is 6.87. The third-order valence-corrected chi connectivity index (χ3v) is 6.40. The molecule has 0 saturated carbocycles. The molecule has 0 bridgehead atoms. The van der Waals surface area contributed by atoms with Gasteiger partial charge in [0.2, 0.25) is 15.9 Å². The van der Waals surface area contributed by atoms with Gasteiger partial charge in [-0.1, -0.05) is 0 Å². The number of amides is 1. The lowest BCUT2D eigenvalue weighted by molar-refractivity contribution is -0.114. The Bertz CT molecular complexity index is 975. The van der Waals surface area contributed by atoms with Gasteiger partial charge < -0.3 is 10.2 Å². The van der Waals surface area contributed by atoms with Crippen LogP contribution in [0.2, 0.25) is 0 Å². The van der Waals surface area contributed by atoms with E-state index >= 15 is 0 Å². The summed E-state index contributed by atoms with van der Waals surface area (Å²) in [6, 6.07) is 5.29. The van der Waals surface area contributed by atoms with E-state index in [9.17, 15) is 13.2 Å². The van der Waals surface area contributed by atoms with Crippen LogP contribution in [0.25, 0.3) is 11.1 Å². The zero-order valence-corrected chi connectivity index (χ0v) is 16.6. The smallest absolute Gasteiger partial charge is 0.236 e. The summed E-state index contributed by atoms with van der Waals surface area (Å²) in [6.07, 6.45) is 3.28. The van der Waals surface area contributed by atoms with E-state index in [-0.39, 0.29) is 17.7 Å². The van der Waals surface area contributed by atoms with Crippen LogP contribution in [0.1, 0.15) is 12.6 Å². The van der Waals surface area contributed by atoms with Crippen LogP contribution in [-0.4, -0.2) is 61.6 Å². The Morgan fingerprint density at radius 1 is 1.26 bits per heavy atom. The number of nitrogens with zero attached hydrogens (tertiary/aromatic N) is 4. The lowest BCUT2D eigenvalue weighted by atomic mass is 10.1. The van der Waals surface area contributed by atoms with E-state index in [0.29, 0.717) is 23.7 Å². The van der Waals surface area contributed by atoms with Crippen molar-refractivity contribution in [1.29, 1.82) is 0 Å². The number of carbonyl (C=O) groups is 1. The minimum atomic E-state index is -3.40. The number of rotatable bonds is 4. The summed E-state index contributed by atoms with van der Waals surface area (Å²) in [5, 5.41) is 2.65. The van der Waals surface area contributed by atoms with E-state index in [4.69, 9.17) is 0 Å². The summed E-state index contributed by atoms with van der Waals surface area (Å²) in [5.74, 6) is 0.315. The Morgan fingerprint density at radius 2 is 2.00 bits per heavy atom. The Balaban J connectivity index is 2.00. The van der Waals surface area contributed by atoms with Crippen molar-refractivity contribution in [2.24, 2.45) is 0 Å². The Hall–Kier alpha value is -2.52. The maximum Gasteiger partial charge on any atom is 0.236 e. The van der Waals surface area contributed by atoms with Crippen molar-refractivity contribution < 1.29 is 13.2 Å². The Morgan fingerprint density at radius 3 is 2.63 bits per heavy atom. The van der Waals surface area contributed by atoms with Crippen LogP contribution in [0.3, 0.4) is 0 Å². The van der Waals surface area contributed by atoms with Gasteiger partial charge in [0.25, 0.3) is 0 Å². The number of sulfonamides is 1. The van der Waals surface area contributed by atoms with E-state index in [1.807, 2.05) is 25.1 Å². The van der Waals surface area contributed by atoms with E-state index in [1.54, 1.807) is 31.5 Å². The van der Waals surface area contributed by atoms with Crippen molar-refractivity contribution >= 4 is 27.4 Å². The first-order chi connectivity index (χ1) is 12.7. The molecule has 2 aromatic heterocycles. The van der Waals surface area contributed by atoms with Crippen molar-refractivity contribution in [2.45, 2.75) is 19.9 Å². The summed E-state index contributed by atoms with van der Waals surface area (Å²) in [5.41, 5.74) is 2.78. The Kier molecular flexibility index (Phi) is 5.16. The van der Waals surface area contributed by atoms with Crippen molar-refractivity contribution in [1.82, 2.24) is 14.9 Å². The number of hydrogen-bond acceptors (Lipinski definition) is 6. The fraction of sp³-hybridized carbons (Fsp3) is 0.389. The molecule has 144 valence electrons. The SMILES string of the molecule is CC(=O)Nc1cc(-c2cnc(C)c(N3CC(N(C)C)CS3(=O)=O)c2)ccn1. The van der Waals surface area contributed by atoms with E-state index in [1.165, 1.54) is 11.2 Å². The average molecular weight is 389 g/mol. The van der Waals surface area contributed by atoms with Crippen LogP contribution in [0, 0.1) is 6.92 Å². The topological polar surface area (TPSA) is 95.5 Å². The van der Waals surface area contributed by atoms with Gasteiger partial charge in [0.05, 0.1) is 23.7 Å². The number of nitrogens with one attached hydrogen (secondary N) is 1. The monoisotopic (exact) mass is 389 g/mol. The van der Waals surface area contributed by atoms with Crippen LogP contribution >= 0.6 is 0 Å². The summed E-state index contributed by atoms with van der Waals surface area (Å²) in [6.45, 7) is 3.61. The highest BCUT2D eigenvalue weighted by Gasteiger charge is 2.38. The maximum absolute atomic E-state index is 12.7. The quantitative estimate of drug-likeness (QED) is 0.851. The second kappa shape index (κ2) is 7.24. The van der Waals surface area contributed by atoms with Gasteiger partial charge in [0.15, 0.2) is 0 Å². The molecule has 0 radical (unpaired) electrons. The van der Waals surface area contributed by atoms with Gasteiger partial charge in [-0.15, -0.1) is 0 Å². The normalized spacial score (nSPS) is 18.7. The third-order valence-electron chi connectivity index (χ3n) is 4.57. The van der Waals surface area contributed by atoms with E-state index in [2.05, 4.69) is 15.3 Å². The standard InChI is InChI=1S/C18H23N5O3S/c1-12-17(23-10-16(22(3)4)11-27(23,25)26)7-15(9-20-12)14-5-6-19-18(8-14)21-13(2)24/h5-9,16H,10-11H2,1-4H3,(H,19,21,24). The molecule has 1 saturated heterocycles. The average Bonchev–Trinajstić information content (AvgIpc) is 2.90. The molecule has 1 fully saturated rings. The number of aryl methyl sites for hydroxylation is 1. The van der Waals surface area contributed by atoms with Gasteiger partial charge in [-0.3, -0.25) is 14.1 Å². The highest BCUT2D eigenvalue weighted by molar-refractivity contribution is 7.93. The van der Waals surface area contributed by atoms with Gasteiger partial charge in [-0.05, 0) is 44.8 Å². The first kappa shape index (κ1) is 19.2. The Labute approximate surface area is 159 Å². The number of pyridine rings is 2. The first-order valence-corrected chi connectivity index (χ1v) is 10.2. The molecule has 1 atom stereocenters. The molecule has 27 heavy (non-hydrogen) atoms. The number of aromatic nitrogens is 2. The second-order valence-corrected chi connectivity index (χ2v) is 8.80. The van der Waals surface area contributed by atoms with E-state index in [0.717, 1.165) is 11.1 Å². The molecule has 1 aliphatic rings. The molecule has 9 heteroatoms. The number of anilines is 2. The van der Waals surface area contributed by atoms with Gasteiger partial charge in [-0.25, -0.2) is 13.4 Å². The van der Waals surface area contributed by atoms with Crippen LogP contribution in [0.4, 0.5) is 11.5 Å². The minimum absolute atomic E-state index is 0.0645. The zero-order chi connectivity index (χ0) is 19.8. The van der Waals surface area contributed by atoms with Crippen molar-refractivity contribution in [3.8, 4) is 11.1 Å². The molecular formula is C18H23N5O3S. The summed E-state index contributed by atoms with van der Waals surface area (Å²) in [7, 11) is 0.364. The molecule has 0 spiro atoms. The molecular weight excluding hydrogens is 366 g/mol. The lowest BCUT2D eigenvalue weighted by Crippen LogP contribution is -2.33. The zero-order valence-electron chi connectivity index (χ0n) is 15.8. The number of carbonyl (C=O) groups excluding carboxylic acids is 1. The van der Waals surface area contributed by atoms with Crippen LogP contribution in [-0.2, 0) is 14.8 Å². The summed E-state index contributed by atoms with van der Waals surface area (Å²) >= 11 is 0. The molecule has 1 amide bonds. The highest BCUT2D eigenvalue weighted by Crippen LogP contribution is 2.32. The number of likely N-dealkylation sites (N-methyl/N-ethyl adjacent to an activating group) is 1. The molecule has 8 nitrogen and oxygen atoms in total. The molecule has 1 aliphatic heterocycles. The minimum Gasteiger partial charge on any atom is -0.311 e. The molecule has 1 unspecified atom stereocenters. The first-order valence-electron chi connectivity index (χ1n) is 8.55. The lowest BCUT2D eigenvalue weighted by Gasteiger charge is -2.21. The summed E-state index contributed by atoms with van der Waals surface area (Å²) < 4.78 is 26.8. The number of hydrogen-bond donors (Lipinski definition) is 1. The third kappa shape index (κ3) is 4.09. The molecule has 0 aliphatic carbocycles. The predicted octanol–water partition coefficient (Wildman–Crippen LogP) is 1.49. The van der Waals surface area contributed by atoms with E-state index < -0.39 is 10.0 Å². The molecule has 3 heterocycles. The van der Waals surface area contributed by atoms with Gasteiger partial charge in [0, 0.05) is 30.9 Å². The van der Waals surface area contributed by atoms with Gasteiger partial charge in [0.1, 0.15) is 5.82 Å². The van der Waals surface area contributed by atoms with Crippen molar-refractivity contribution in [3.63, 3.8) is 0 Å². The van der Waals surface area contributed by atoms with Gasteiger partial charge in [-0.2, -0.15) is 0 Å². The predicted molar refractivity (Wildman–Crippen MR) is 105 cm³/mol. The van der Waals surface area contributed by atoms with Crippen molar-refractivity contribution in [3.05, 3.63) is 36.3 Å². The maximum atomic E-state index is 12.7. The fourth-order valence-electron chi connectivity index (χ4n) is 3.04. The summed E-state index contributed by atoms with van der Waals surface area (Å²) in [4.78, 5) is 21.7. The van der Waals surface area contributed by atoms with Crippen molar-refractivity contribution in [2.75, 3.05) is 36.0 Å². The van der Waals surface area contributed by atoms with Crippen LogP contribution in [0.15, 0.2) is 30.6 Å². The molecule has 0 aromatic carbocycles. The van der Waals surface area contributed by atoms with Gasteiger partial charge >= 0.3 is 0 Å². The largest absolute Gasteiger partial charge is 0.311 e. The molecule has 2 aromatic rings. The fourth-order valence-corrected chi connectivity index (χ4v) is 5.00.